The number of rotatable bonds is 5. The maximum Gasteiger partial charge on any atom is 0.245 e. The Hall–Kier alpha value is -2.22. The number of ether oxygens (including phenoxy) is 1. The number of sulfonamides is 1. The van der Waals surface area contributed by atoms with Crippen LogP contribution in [-0.4, -0.2) is 59.3 Å². The van der Waals surface area contributed by atoms with Crippen LogP contribution in [0.15, 0.2) is 52.4 Å². The Bertz CT molecular complexity index is 916. The molecule has 7 heteroatoms. The van der Waals surface area contributed by atoms with Gasteiger partial charge in [0.05, 0.1) is 18.9 Å². The summed E-state index contributed by atoms with van der Waals surface area (Å²) in [6.45, 7) is 3.45. The standard InChI is InChI=1S/C20H25N3O3S/c1-16-4-9-19(21-15-17-5-7-18(8-6-17)22(2)3)20(14-16)27(24,25)23-10-12-26-13-11-23/h4-9,14-15H,10-13H2,1-3H3. The highest BCUT2D eigenvalue weighted by Crippen LogP contribution is 2.29. The molecular formula is C20H25N3O3S. The van der Waals surface area contributed by atoms with Crippen molar-refractivity contribution in [1.82, 2.24) is 4.31 Å². The Labute approximate surface area is 161 Å². The van der Waals surface area contributed by atoms with Gasteiger partial charge in [-0.1, -0.05) is 18.2 Å². The van der Waals surface area contributed by atoms with Crippen LogP contribution in [0.1, 0.15) is 11.1 Å². The average molecular weight is 388 g/mol. The monoisotopic (exact) mass is 387 g/mol. The number of hydrogen-bond acceptors (Lipinski definition) is 5. The first-order valence-corrected chi connectivity index (χ1v) is 10.3. The van der Waals surface area contributed by atoms with Crippen molar-refractivity contribution in [2.75, 3.05) is 45.3 Å². The lowest BCUT2D eigenvalue weighted by molar-refractivity contribution is 0.0730. The Kier molecular flexibility index (Phi) is 5.94. The lowest BCUT2D eigenvalue weighted by Gasteiger charge is -2.26. The molecule has 6 nitrogen and oxygen atoms in total. The summed E-state index contributed by atoms with van der Waals surface area (Å²) in [6.07, 6.45) is 1.70. The number of morpholine rings is 1. The van der Waals surface area contributed by atoms with Crippen LogP contribution in [0.5, 0.6) is 0 Å². The molecule has 1 aliphatic rings. The van der Waals surface area contributed by atoms with Crippen molar-refractivity contribution in [3.63, 3.8) is 0 Å². The van der Waals surface area contributed by atoms with E-state index in [2.05, 4.69) is 4.99 Å². The van der Waals surface area contributed by atoms with Crippen molar-refractivity contribution >= 4 is 27.6 Å². The molecule has 1 aliphatic heterocycles. The Balaban J connectivity index is 1.92. The third-order valence-corrected chi connectivity index (χ3v) is 6.39. The summed E-state index contributed by atoms with van der Waals surface area (Å²) in [5.74, 6) is 0. The number of nitrogens with zero attached hydrogens (tertiary/aromatic N) is 3. The van der Waals surface area contributed by atoms with Gasteiger partial charge in [0, 0.05) is 39.1 Å². The second kappa shape index (κ2) is 8.21. The Morgan fingerprint density at radius 3 is 2.37 bits per heavy atom. The van der Waals surface area contributed by atoms with E-state index >= 15 is 0 Å². The molecule has 0 saturated carbocycles. The second-order valence-corrected chi connectivity index (χ2v) is 8.64. The summed E-state index contributed by atoms with van der Waals surface area (Å²) in [6, 6.07) is 13.2. The maximum absolute atomic E-state index is 13.1. The predicted octanol–water partition coefficient (Wildman–Crippen LogP) is 2.83. The SMILES string of the molecule is Cc1ccc(N=Cc2ccc(N(C)C)cc2)c(S(=O)(=O)N2CCOCC2)c1. The quantitative estimate of drug-likeness (QED) is 0.740. The average Bonchev–Trinajstić information content (AvgIpc) is 2.68. The topological polar surface area (TPSA) is 62.2 Å². The lowest BCUT2D eigenvalue weighted by Crippen LogP contribution is -2.40. The van der Waals surface area contributed by atoms with Gasteiger partial charge in [-0.2, -0.15) is 4.31 Å². The van der Waals surface area contributed by atoms with Crippen LogP contribution in [0.3, 0.4) is 0 Å². The van der Waals surface area contributed by atoms with Gasteiger partial charge in [0.15, 0.2) is 0 Å². The molecule has 1 saturated heterocycles. The molecule has 27 heavy (non-hydrogen) atoms. The highest BCUT2D eigenvalue weighted by molar-refractivity contribution is 7.89. The van der Waals surface area contributed by atoms with E-state index in [0.717, 1.165) is 16.8 Å². The fourth-order valence-electron chi connectivity index (χ4n) is 2.86. The van der Waals surface area contributed by atoms with Gasteiger partial charge in [0.2, 0.25) is 10.0 Å². The van der Waals surface area contributed by atoms with Crippen molar-refractivity contribution < 1.29 is 13.2 Å². The van der Waals surface area contributed by atoms with E-state index in [-0.39, 0.29) is 4.90 Å². The summed E-state index contributed by atoms with van der Waals surface area (Å²) >= 11 is 0. The number of benzene rings is 2. The van der Waals surface area contributed by atoms with Crippen molar-refractivity contribution in [2.45, 2.75) is 11.8 Å². The van der Waals surface area contributed by atoms with Crippen LogP contribution in [0.25, 0.3) is 0 Å². The van der Waals surface area contributed by atoms with Gasteiger partial charge in [-0.25, -0.2) is 8.42 Å². The van der Waals surface area contributed by atoms with Gasteiger partial charge in [0.1, 0.15) is 4.90 Å². The van der Waals surface area contributed by atoms with Crippen molar-refractivity contribution in [3.8, 4) is 0 Å². The molecule has 0 unspecified atom stereocenters. The third-order valence-electron chi connectivity index (χ3n) is 4.47. The molecule has 0 spiro atoms. The number of aliphatic imine (C=N–C) groups is 1. The van der Waals surface area contributed by atoms with Gasteiger partial charge in [0.25, 0.3) is 0 Å². The van der Waals surface area contributed by atoms with Crippen molar-refractivity contribution in [2.24, 2.45) is 4.99 Å². The molecule has 0 bridgehead atoms. The zero-order valence-corrected chi connectivity index (χ0v) is 16.7. The maximum atomic E-state index is 13.1. The van der Waals surface area contributed by atoms with Crippen LogP contribution < -0.4 is 4.90 Å². The normalized spacial score (nSPS) is 16.0. The molecule has 1 heterocycles. The Morgan fingerprint density at radius 1 is 1.07 bits per heavy atom. The molecule has 1 fully saturated rings. The third kappa shape index (κ3) is 4.55. The molecule has 2 aromatic carbocycles. The lowest BCUT2D eigenvalue weighted by atomic mass is 10.2. The van der Waals surface area contributed by atoms with Gasteiger partial charge in [-0.05, 0) is 42.3 Å². The molecule has 144 valence electrons. The fraction of sp³-hybridized carbons (Fsp3) is 0.350. The van der Waals surface area contributed by atoms with E-state index in [1.807, 2.05) is 56.3 Å². The molecule has 3 rings (SSSR count). The fourth-order valence-corrected chi connectivity index (χ4v) is 4.49. The van der Waals surface area contributed by atoms with Crippen LogP contribution in [0, 0.1) is 6.92 Å². The van der Waals surface area contributed by atoms with E-state index in [1.54, 1.807) is 18.3 Å². The first-order chi connectivity index (χ1) is 12.9. The van der Waals surface area contributed by atoms with Gasteiger partial charge in [-0.3, -0.25) is 4.99 Å². The van der Waals surface area contributed by atoms with E-state index in [9.17, 15) is 8.42 Å². The zero-order valence-electron chi connectivity index (χ0n) is 15.9. The van der Waals surface area contributed by atoms with Gasteiger partial charge in [-0.15, -0.1) is 0 Å². The minimum absolute atomic E-state index is 0.241. The largest absolute Gasteiger partial charge is 0.379 e. The van der Waals surface area contributed by atoms with E-state index < -0.39 is 10.0 Å². The van der Waals surface area contributed by atoms with Gasteiger partial charge >= 0.3 is 0 Å². The highest BCUT2D eigenvalue weighted by Gasteiger charge is 2.28. The summed E-state index contributed by atoms with van der Waals surface area (Å²) < 4.78 is 32.9. The molecule has 2 aromatic rings. The van der Waals surface area contributed by atoms with E-state index in [0.29, 0.717) is 32.0 Å². The smallest absolute Gasteiger partial charge is 0.245 e. The second-order valence-electron chi connectivity index (χ2n) is 6.73. The highest BCUT2D eigenvalue weighted by atomic mass is 32.2. The minimum atomic E-state index is -3.60. The summed E-state index contributed by atoms with van der Waals surface area (Å²) in [5, 5.41) is 0. The molecule has 0 aromatic heterocycles. The number of anilines is 1. The zero-order chi connectivity index (χ0) is 19.4. The van der Waals surface area contributed by atoms with E-state index in [4.69, 9.17) is 4.74 Å². The first-order valence-electron chi connectivity index (χ1n) is 8.88. The van der Waals surface area contributed by atoms with E-state index in [1.165, 1.54) is 4.31 Å². The van der Waals surface area contributed by atoms with Crippen molar-refractivity contribution in [3.05, 3.63) is 53.6 Å². The summed E-state index contributed by atoms with van der Waals surface area (Å²) in [7, 11) is 0.364. The van der Waals surface area contributed by atoms with Crippen molar-refractivity contribution in [1.29, 1.82) is 0 Å². The predicted molar refractivity (Wildman–Crippen MR) is 109 cm³/mol. The molecule has 0 amide bonds. The molecule has 0 N–H and O–H groups in total. The molecule has 0 radical (unpaired) electrons. The Morgan fingerprint density at radius 2 is 1.74 bits per heavy atom. The molecule has 0 atom stereocenters. The number of hydrogen-bond donors (Lipinski definition) is 0. The van der Waals surface area contributed by atoms with Gasteiger partial charge < -0.3 is 9.64 Å². The van der Waals surface area contributed by atoms with Crippen LogP contribution in [-0.2, 0) is 14.8 Å². The minimum Gasteiger partial charge on any atom is -0.379 e. The first kappa shape index (κ1) is 19.5. The summed E-state index contributed by atoms with van der Waals surface area (Å²) in [4.78, 5) is 6.74. The molecular weight excluding hydrogens is 362 g/mol. The summed E-state index contributed by atoms with van der Waals surface area (Å²) in [5.41, 5.74) is 3.34. The van der Waals surface area contributed by atoms with Crippen LogP contribution >= 0.6 is 0 Å². The van der Waals surface area contributed by atoms with Crippen LogP contribution in [0.4, 0.5) is 11.4 Å². The van der Waals surface area contributed by atoms with Crippen LogP contribution in [0.2, 0.25) is 0 Å². The molecule has 0 aliphatic carbocycles. The number of aryl methyl sites for hydroxylation is 1.